The highest BCUT2D eigenvalue weighted by molar-refractivity contribution is 5.50. The Hall–Kier alpha value is -2.03. The van der Waals surface area contributed by atoms with Crippen LogP contribution in [0.4, 0.5) is 5.69 Å². The molecule has 0 aliphatic carbocycles. The van der Waals surface area contributed by atoms with Gasteiger partial charge in [0.1, 0.15) is 6.61 Å². The molecule has 3 nitrogen and oxygen atoms in total. The number of pyridine rings is 1. The lowest BCUT2D eigenvalue weighted by molar-refractivity contribution is 0.294. The fourth-order valence-electron chi connectivity index (χ4n) is 1.47. The molecule has 0 spiro atoms. The first-order valence-electron chi connectivity index (χ1n) is 5.19. The van der Waals surface area contributed by atoms with E-state index < -0.39 is 0 Å². The molecule has 0 amide bonds. The largest absolute Gasteiger partial charge is 0.473 e. The zero-order valence-corrected chi connectivity index (χ0v) is 9.18. The second kappa shape index (κ2) is 5.16. The Kier molecular flexibility index (Phi) is 3.38. The molecular formula is C13H14N2O. The molecule has 0 bridgehead atoms. The highest BCUT2D eigenvalue weighted by Gasteiger charge is 2.00. The molecular weight excluding hydrogens is 200 g/mol. The van der Waals surface area contributed by atoms with Gasteiger partial charge in [-0.05, 0) is 12.1 Å². The summed E-state index contributed by atoms with van der Waals surface area (Å²) in [4.78, 5) is 4.11. The van der Waals surface area contributed by atoms with Crippen molar-refractivity contribution in [1.29, 1.82) is 0 Å². The number of hydrogen-bond donors (Lipinski definition) is 1. The number of para-hydroxylation sites is 1. The van der Waals surface area contributed by atoms with Gasteiger partial charge in [0.05, 0.1) is 0 Å². The molecule has 0 unspecified atom stereocenters. The Morgan fingerprint density at radius 3 is 2.69 bits per heavy atom. The quantitative estimate of drug-likeness (QED) is 0.849. The maximum atomic E-state index is 5.58. The minimum absolute atomic E-state index is 0.522. The van der Waals surface area contributed by atoms with Gasteiger partial charge in [-0.3, -0.25) is 0 Å². The van der Waals surface area contributed by atoms with E-state index in [9.17, 15) is 0 Å². The van der Waals surface area contributed by atoms with Gasteiger partial charge < -0.3 is 10.1 Å². The summed E-state index contributed by atoms with van der Waals surface area (Å²) in [6, 6.07) is 13.7. The zero-order chi connectivity index (χ0) is 11.2. The van der Waals surface area contributed by atoms with Crippen LogP contribution in [0.25, 0.3) is 0 Å². The summed E-state index contributed by atoms with van der Waals surface area (Å²) in [5.74, 6) is 0.647. The molecule has 0 atom stereocenters. The van der Waals surface area contributed by atoms with Crippen LogP contribution in [-0.2, 0) is 6.61 Å². The van der Waals surface area contributed by atoms with Crippen LogP contribution in [-0.4, -0.2) is 12.0 Å². The first-order chi connectivity index (χ1) is 7.90. The van der Waals surface area contributed by atoms with E-state index in [1.807, 2.05) is 49.5 Å². The molecule has 82 valence electrons. The van der Waals surface area contributed by atoms with Crippen LogP contribution in [0.3, 0.4) is 0 Å². The molecule has 16 heavy (non-hydrogen) atoms. The van der Waals surface area contributed by atoms with E-state index in [2.05, 4.69) is 10.3 Å². The normalized spacial score (nSPS) is 9.81. The summed E-state index contributed by atoms with van der Waals surface area (Å²) in [6.07, 6.45) is 1.72. The van der Waals surface area contributed by atoms with Crippen molar-refractivity contribution in [2.45, 2.75) is 6.61 Å². The fraction of sp³-hybridized carbons (Fsp3) is 0.154. The first kappa shape index (κ1) is 10.5. The van der Waals surface area contributed by atoms with Gasteiger partial charge in [-0.1, -0.05) is 24.3 Å². The van der Waals surface area contributed by atoms with Crippen molar-refractivity contribution >= 4 is 5.69 Å². The fourth-order valence-corrected chi connectivity index (χ4v) is 1.47. The van der Waals surface area contributed by atoms with Gasteiger partial charge >= 0.3 is 0 Å². The van der Waals surface area contributed by atoms with E-state index in [4.69, 9.17) is 4.74 Å². The summed E-state index contributed by atoms with van der Waals surface area (Å²) in [5, 5.41) is 3.13. The number of benzene rings is 1. The third kappa shape index (κ3) is 2.51. The summed E-state index contributed by atoms with van der Waals surface area (Å²) in [6.45, 7) is 0.522. The minimum Gasteiger partial charge on any atom is -0.473 e. The van der Waals surface area contributed by atoms with Crippen molar-refractivity contribution < 1.29 is 4.74 Å². The molecule has 0 fully saturated rings. The lowest BCUT2D eigenvalue weighted by atomic mass is 10.2. The lowest BCUT2D eigenvalue weighted by Crippen LogP contribution is -2.01. The van der Waals surface area contributed by atoms with Crippen LogP contribution in [0, 0.1) is 0 Å². The molecule has 0 saturated carbocycles. The summed E-state index contributed by atoms with van der Waals surface area (Å²) >= 11 is 0. The molecule has 3 heteroatoms. The number of aromatic nitrogens is 1. The molecule has 1 N–H and O–H groups in total. The molecule has 1 aromatic carbocycles. The van der Waals surface area contributed by atoms with Gasteiger partial charge in [0, 0.05) is 30.6 Å². The van der Waals surface area contributed by atoms with E-state index >= 15 is 0 Å². The SMILES string of the molecule is CNc1ccccc1COc1ccccn1. The van der Waals surface area contributed by atoms with Crippen molar-refractivity contribution in [3.63, 3.8) is 0 Å². The van der Waals surface area contributed by atoms with Crippen LogP contribution >= 0.6 is 0 Å². The number of nitrogens with one attached hydrogen (secondary N) is 1. The first-order valence-corrected chi connectivity index (χ1v) is 5.19. The molecule has 2 rings (SSSR count). The van der Waals surface area contributed by atoms with Crippen molar-refractivity contribution in [2.75, 3.05) is 12.4 Å². The maximum Gasteiger partial charge on any atom is 0.213 e. The van der Waals surface area contributed by atoms with Crippen molar-refractivity contribution in [3.05, 3.63) is 54.2 Å². The predicted octanol–water partition coefficient (Wildman–Crippen LogP) is 2.70. The van der Waals surface area contributed by atoms with Gasteiger partial charge in [-0.2, -0.15) is 0 Å². The van der Waals surface area contributed by atoms with Crippen LogP contribution < -0.4 is 10.1 Å². The van der Waals surface area contributed by atoms with E-state index in [0.717, 1.165) is 11.3 Å². The van der Waals surface area contributed by atoms with E-state index in [0.29, 0.717) is 12.5 Å². The van der Waals surface area contributed by atoms with Crippen LogP contribution in [0.5, 0.6) is 5.88 Å². The number of nitrogens with zero attached hydrogens (tertiary/aromatic N) is 1. The number of rotatable bonds is 4. The maximum absolute atomic E-state index is 5.58. The Bertz CT molecular complexity index is 443. The zero-order valence-electron chi connectivity index (χ0n) is 9.18. The van der Waals surface area contributed by atoms with Gasteiger partial charge in [0.25, 0.3) is 0 Å². The van der Waals surface area contributed by atoms with Gasteiger partial charge in [0.15, 0.2) is 0 Å². The molecule has 0 aliphatic rings. The van der Waals surface area contributed by atoms with Crippen LogP contribution in [0.15, 0.2) is 48.7 Å². The average Bonchev–Trinajstić information content (AvgIpc) is 2.38. The molecule has 1 heterocycles. The molecule has 2 aromatic rings. The van der Waals surface area contributed by atoms with E-state index in [1.54, 1.807) is 6.20 Å². The smallest absolute Gasteiger partial charge is 0.213 e. The number of ether oxygens (including phenoxy) is 1. The molecule has 0 aliphatic heterocycles. The summed E-state index contributed by atoms with van der Waals surface area (Å²) in [5.41, 5.74) is 2.20. The Morgan fingerprint density at radius 2 is 1.94 bits per heavy atom. The Morgan fingerprint density at radius 1 is 1.12 bits per heavy atom. The molecule has 1 aromatic heterocycles. The average molecular weight is 214 g/mol. The van der Waals surface area contributed by atoms with Crippen molar-refractivity contribution in [1.82, 2.24) is 4.98 Å². The van der Waals surface area contributed by atoms with Crippen molar-refractivity contribution in [3.8, 4) is 5.88 Å². The lowest BCUT2D eigenvalue weighted by Gasteiger charge is -2.09. The van der Waals surface area contributed by atoms with Crippen LogP contribution in [0.1, 0.15) is 5.56 Å². The summed E-state index contributed by atoms with van der Waals surface area (Å²) in [7, 11) is 1.90. The third-order valence-electron chi connectivity index (χ3n) is 2.30. The standard InChI is InChI=1S/C13H14N2O/c1-14-12-7-3-2-6-11(12)10-16-13-8-4-5-9-15-13/h2-9,14H,10H2,1H3. The highest BCUT2D eigenvalue weighted by Crippen LogP contribution is 2.16. The topological polar surface area (TPSA) is 34.1 Å². The number of anilines is 1. The Balaban J connectivity index is 2.05. The van der Waals surface area contributed by atoms with E-state index in [1.165, 1.54) is 0 Å². The van der Waals surface area contributed by atoms with Crippen molar-refractivity contribution in [2.24, 2.45) is 0 Å². The molecule has 0 radical (unpaired) electrons. The summed E-state index contributed by atoms with van der Waals surface area (Å²) < 4.78 is 5.58. The predicted molar refractivity (Wildman–Crippen MR) is 64.6 cm³/mol. The van der Waals surface area contributed by atoms with Crippen LogP contribution in [0.2, 0.25) is 0 Å². The third-order valence-corrected chi connectivity index (χ3v) is 2.30. The highest BCUT2D eigenvalue weighted by atomic mass is 16.5. The van der Waals surface area contributed by atoms with Gasteiger partial charge in [-0.25, -0.2) is 4.98 Å². The van der Waals surface area contributed by atoms with Gasteiger partial charge in [0.2, 0.25) is 5.88 Å². The monoisotopic (exact) mass is 214 g/mol. The minimum atomic E-state index is 0.522. The second-order valence-corrected chi connectivity index (χ2v) is 3.36. The molecule has 0 saturated heterocycles. The van der Waals surface area contributed by atoms with E-state index in [-0.39, 0.29) is 0 Å². The number of hydrogen-bond acceptors (Lipinski definition) is 3. The second-order valence-electron chi connectivity index (χ2n) is 3.36. The Labute approximate surface area is 95.1 Å². The van der Waals surface area contributed by atoms with Gasteiger partial charge in [-0.15, -0.1) is 0 Å².